The molecular formula is C32H35N7O2. The van der Waals surface area contributed by atoms with E-state index in [-0.39, 0.29) is 5.56 Å². The number of aromatic amines is 1. The lowest BCUT2D eigenvalue weighted by Gasteiger charge is -2.16. The lowest BCUT2D eigenvalue weighted by Crippen LogP contribution is -2.22. The summed E-state index contributed by atoms with van der Waals surface area (Å²) >= 11 is 0. The highest BCUT2D eigenvalue weighted by Gasteiger charge is 2.18. The number of guanidine groups is 1. The molecule has 41 heavy (non-hydrogen) atoms. The number of nitrogens with zero attached hydrogens (tertiary/aromatic N) is 4. The molecule has 0 aliphatic rings. The van der Waals surface area contributed by atoms with Crippen LogP contribution < -0.4 is 20.9 Å². The number of aryl methyl sites for hydroxylation is 2. The third-order valence-corrected chi connectivity index (χ3v) is 6.51. The van der Waals surface area contributed by atoms with E-state index in [9.17, 15) is 4.79 Å². The van der Waals surface area contributed by atoms with Crippen LogP contribution in [0.2, 0.25) is 0 Å². The summed E-state index contributed by atoms with van der Waals surface area (Å²) in [4.78, 5) is 25.9. The van der Waals surface area contributed by atoms with Gasteiger partial charge in [0.15, 0.2) is 5.52 Å². The van der Waals surface area contributed by atoms with E-state index in [0.717, 1.165) is 41.9 Å². The Morgan fingerprint density at radius 1 is 0.951 bits per heavy atom. The summed E-state index contributed by atoms with van der Waals surface area (Å²) in [6.45, 7) is 5.18. The minimum absolute atomic E-state index is 0.238. The molecule has 0 saturated carbocycles. The first-order valence-electron chi connectivity index (χ1n) is 14.0. The molecule has 5 rings (SSSR count). The Morgan fingerprint density at radius 3 is 2.41 bits per heavy atom. The van der Waals surface area contributed by atoms with Gasteiger partial charge in [-0.2, -0.15) is 5.10 Å². The molecule has 9 heteroatoms. The van der Waals surface area contributed by atoms with Gasteiger partial charge in [0.25, 0.3) is 5.56 Å². The summed E-state index contributed by atoms with van der Waals surface area (Å²) in [6, 6.07) is 25.7. The number of aromatic nitrogens is 4. The molecule has 0 bridgehead atoms. The number of benzene rings is 3. The lowest BCUT2D eigenvalue weighted by molar-refractivity contribution is 0.318. The molecular weight excluding hydrogens is 514 g/mol. The maximum Gasteiger partial charge on any atom is 0.277 e. The first kappa shape index (κ1) is 27.6. The molecule has 0 aliphatic heterocycles. The highest BCUT2D eigenvalue weighted by atomic mass is 16.5. The zero-order valence-electron chi connectivity index (χ0n) is 23.6. The minimum atomic E-state index is -0.238. The summed E-state index contributed by atoms with van der Waals surface area (Å²) < 4.78 is 7.68. The van der Waals surface area contributed by atoms with Gasteiger partial charge in [0.1, 0.15) is 17.1 Å². The van der Waals surface area contributed by atoms with Crippen LogP contribution in [0.5, 0.6) is 5.75 Å². The van der Waals surface area contributed by atoms with Gasteiger partial charge in [-0.15, -0.1) is 0 Å². The molecule has 0 amide bonds. The molecule has 5 aromatic rings. The van der Waals surface area contributed by atoms with Gasteiger partial charge in [-0.1, -0.05) is 68.8 Å². The van der Waals surface area contributed by atoms with Crippen molar-refractivity contribution in [1.29, 1.82) is 0 Å². The van der Waals surface area contributed by atoms with Crippen molar-refractivity contribution in [2.75, 3.05) is 17.2 Å². The average Bonchev–Trinajstić information content (AvgIpc) is 3.31. The lowest BCUT2D eigenvalue weighted by atomic mass is 10.1. The van der Waals surface area contributed by atoms with Gasteiger partial charge in [-0.25, -0.2) is 9.98 Å². The normalized spacial score (nSPS) is 11.5. The summed E-state index contributed by atoms with van der Waals surface area (Å²) in [6.07, 6.45) is 2.49. The van der Waals surface area contributed by atoms with Crippen molar-refractivity contribution in [2.45, 2.75) is 39.7 Å². The molecule has 0 aliphatic carbocycles. The van der Waals surface area contributed by atoms with Gasteiger partial charge in [0.05, 0.1) is 24.4 Å². The number of fused-ring (bicyclic) bond motifs is 1. The first-order valence-corrected chi connectivity index (χ1v) is 14.0. The van der Waals surface area contributed by atoms with Crippen molar-refractivity contribution in [3.8, 4) is 17.1 Å². The Morgan fingerprint density at radius 2 is 1.68 bits per heavy atom. The van der Waals surface area contributed by atoms with E-state index in [1.54, 1.807) is 11.7 Å². The molecule has 9 nitrogen and oxygen atoms in total. The van der Waals surface area contributed by atoms with E-state index >= 15 is 0 Å². The Balaban J connectivity index is 1.54. The molecule has 0 saturated heterocycles. The quantitative estimate of drug-likeness (QED) is 0.143. The summed E-state index contributed by atoms with van der Waals surface area (Å²) in [5.74, 6) is 1.66. The van der Waals surface area contributed by atoms with E-state index in [4.69, 9.17) is 14.7 Å². The number of nitrogens with one attached hydrogen (secondary N) is 3. The third kappa shape index (κ3) is 6.63. The zero-order chi connectivity index (χ0) is 28.6. The third-order valence-electron chi connectivity index (χ3n) is 6.51. The summed E-state index contributed by atoms with van der Waals surface area (Å²) in [7, 11) is 1.77. The number of anilines is 2. The Hall–Kier alpha value is -4.92. The van der Waals surface area contributed by atoms with Gasteiger partial charge in [0.2, 0.25) is 5.96 Å². The Bertz CT molecular complexity index is 1690. The van der Waals surface area contributed by atoms with Crippen LogP contribution in [0.3, 0.4) is 0 Å². The molecule has 2 heterocycles. The van der Waals surface area contributed by atoms with Crippen molar-refractivity contribution in [3.05, 3.63) is 100 Å². The largest absolute Gasteiger partial charge is 0.493 e. The highest BCUT2D eigenvalue weighted by Crippen LogP contribution is 2.31. The Kier molecular flexibility index (Phi) is 8.73. The molecule has 0 fully saturated rings. The molecule has 0 unspecified atom stereocenters. The molecule has 0 spiro atoms. The first-order chi connectivity index (χ1) is 20.1. The predicted octanol–water partition coefficient (Wildman–Crippen LogP) is 6.15. The fourth-order valence-corrected chi connectivity index (χ4v) is 4.57. The number of H-pyrrole nitrogens is 1. The van der Waals surface area contributed by atoms with Gasteiger partial charge in [0, 0.05) is 18.4 Å². The van der Waals surface area contributed by atoms with Crippen molar-refractivity contribution < 1.29 is 4.74 Å². The number of ether oxygens (including phenoxy) is 1. The number of para-hydroxylation sites is 1. The van der Waals surface area contributed by atoms with E-state index in [0.29, 0.717) is 47.3 Å². The predicted molar refractivity (Wildman–Crippen MR) is 166 cm³/mol. The van der Waals surface area contributed by atoms with Gasteiger partial charge in [-0.3, -0.25) is 9.48 Å². The van der Waals surface area contributed by atoms with Crippen LogP contribution in [0, 0.1) is 0 Å². The van der Waals surface area contributed by atoms with Crippen LogP contribution in [0.25, 0.3) is 22.4 Å². The summed E-state index contributed by atoms with van der Waals surface area (Å²) in [5, 5.41) is 11.4. The molecule has 0 radical (unpaired) electrons. The highest BCUT2D eigenvalue weighted by molar-refractivity contribution is 6.04. The minimum Gasteiger partial charge on any atom is -0.493 e. The van der Waals surface area contributed by atoms with Crippen molar-refractivity contribution in [2.24, 2.45) is 12.0 Å². The zero-order valence-corrected chi connectivity index (χ0v) is 23.6. The molecule has 3 N–H and O–H groups in total. The van der Waals surface area contributed by atoms with Crippen molar-refractivity contribution in [3.63, 3.8) is 0 Å². The number of hydrogen-bond donors (Lipinski definition) is 3. The van der Waals surface area contributed by atoms with Crippen LogP contribution in [0.1, 0.15) is 37.9 Å². The molecule has 3 aromatic carbocycles. The second-order valence-corrected chi connectivity index (χ2v) is 9.76. The number of rotatable bonds is 10. The number of hydrogen-bond acceptors (Lipinski definition) is 5. The van der Waals surface area contributed by atoms with Gasteiger partial charge >= 0.3 is 0 Å². The second kappa shape index (κ2) is 13.0. The molecule has 210 valence electrons. The maximum absolute atomic E-state index is 13.2. The fraction of sp³-hybridized carbons (Fsp3) is 0.250. The standard InChI is InChI=1S/C32H35N7O2/c1-4-12-26-28-29(39(3)38-26)31(40)37-30(36-28)25-20-24(17-18-27(25)41-19-5-2)35-32(34-23-15-10-7-11-16-23)33-21-22-13-8-6-9-14-22/h6-11,13-18,20H,4-5,12,19,21H2,1-3H3,(H2,33,34,35)(H,36,37,40). The van der Waals surface area contributed by atoms with Crippen molar-refractivity contribution in [1.82, 2.24) is 19.7 Å². The monoisotopic (exact) mass is 549 g/mol. The van der Waals surface area contributed by atoms with E-state index in [1.165, 1.54) is 0 Å². The second-order valence-electron chi connectivity index (χ2n) is 9.76. The maximum atomic E-state index is 13.2. The SMILES string of the molecule is CCCOc1ccc(NC(=NCc2ccccc2)Nc2ccccc2)cc1-c1nc2c(CCC)nn(C)c2c(=O)[nH]1. The molecule has 0 atom stereocenters. The van der Waals surface area contributed by atoms with Gasteiger partial charge in [-0.05, 0) is 48.7 Å². The fourth-order valence-electron chi connectivity index (χ4n) is 4.57. The van der Waals surface area contributed by atoms with E-state index in [2.05, 4.69) is 34.6 Å². The van der Waals surface area contributed by atoms with E-state index < -0.39 is 0 Å². The Labute approximate surface area is 239 Å². The average molecular weight is 550 g/mol. The smallest absolute Gasteiger partial charge is 0.277 e. The van der Waals surface area contributed by atoms with Gasteiger partial charge < -0.3 is 20.4 Å². The van der Waals surface area contributed by atoms with Crippen LogP contribution in [-0.4, -0.2) is 32.3 Å². The molecule has 2 aromatic heterocycles. The number of aliphatic imine (C=N–C) groups is 1. The van der Waals surface area contributed by atoms with E-state index in [1.807, 2.05) is 78.9 Å². The van der Waals surface area contributed by atoms with Crippen molar-refractivity contribution >= 4 is 28.4 Å². The summed E-state index contributed by atoms with van der Waals surface area (Å²) in [5.41, 5.74) is 5.10. The van der Waals surface area contributed by atoms with Crippen LogP contribution in [-0.2, 0) is 20.0 Å². The topological polar surface area (TPSA) is 109 Å². The van der Waals surface area contributed by atoms with Crippen LogP contribution >= 0.6 is 0 Å². The van der Waals surface area contributed by atoms with Crippen LogP contribution in [0.15, 0.2) is 88.6 Å². The van der Waals surface area contributed by atoms with Crippen LogP contribution in [0.4, 0.5) is 11.4 Å².